The van der Waals surface area contributed by atoms with Crippen LogP contribution in [0.3, 0.4) is 0 Å². The van der Waals surface area contributed by atoms with Gasteiger partial charge in [0.15, 0.2) is 16.7 Å². The van der Waals surface area contributed by atoms with Gasteiger partial charge < -0.3 is 13.7 Å². The Morgan fingerprint density at radius 2 is 2.00 bits per heavy atom. The first-order valence-electron chi connectivity index (χ1n) is 8.13. The van der Waals surface area contributed by atoms with Gasteiger partial charge in [-0.3, -0.25) is 0 Å². The normalized spacial score (nSPS) is 17.3. The van der Waals surface area contributed by atoms with Crippen LogP contribution in [-0.4, -0.2) is 33.3 Å². The number of hydrogen-bond donors (Lipinski definition) is 0. The van der Waals surface area contributed by atoms with E-state index in [1.54, 1.807) is 0 Å². The highest BCUT2D eigenvalue weighted by Crippen LogP contribution is 2.28. The molecule has 0 aromatic carbocycles. The Morgan fingerprint density at radius 1 is 1.16 bits per heavy atom. The Kier molecular flexibility index (Phi) is 4.54. The molecule has 4 heterocycles. The second kappa shape index (κ2) is 6.97. The molecule has 25 heavy (non-hydrogen) atoms. The molecule has 0 amide bonds. The molecule has 3 aromatic rings. The highest BCUT2D eigenvalue weighted by atomic mass is 32.2. The van der Waals surface area contributed by atoms with Crippen LogP contribution in [0.1, 0.15) is 35.3 Å². The first kappa shape index (κ1) is 16.3. The van der Waals surface area contributed by atoms with Crippen molar-refractivity contribution in [3.05, 3.63) is 41.2 Å². The number of hydrogen-bond acceptors (Lipinski definition) is 8. The second-order valence-corrected chi connectivity index (χ2v) is 6.95. The average molecular weight is 358 g/mol. The lowest BCUT2D eigenvalue weighted by molar-refractivity contribution is 0.192. The minimum atomic E-state index is 0.212. The molecule has 7 nitrogen and oxygen atoms in total. The maximum Gasteiger partial charge on any atom is 0.293 e. The van der Waals surface area contributed by atoms with E-state index in [0.29, 0.717) is 29.8 Å². The minimum absolute atomic E-state index is 0.212. The van der Waals surface area contributed by atoms with Crippen LogP contribution in [0.5, 0.6) is 0 Å². The molecule has 0 unspecified atom stereocenters. The summed E-state index contributed by atoms with van der Waals surface area (Å²) in [7, 11) is 0. The van der Waals surface area contributed by atoms with E-state index in [1.165, 1.54) is 11.8 Å². The van der Waals surface area contributed by atoms with E-state index in [-0.39, 0.29) is 5.92 Å². The number of ether oxygens (including phenoxy) is 1. The summed E-state index contributed by atoms with van der Waals surface area (Å²) in [5.74, 6) is 3.33. The number of thioether (sulfide) groups is 1. The van der Waals surface area contributed by atoms with E-state index in [0.717, 1.165) is 35.3 Å². The van der Waals surface area contributed by atoms with Gasteiger partial charge in [-0.2, -0.15) is 4.98 Å². The van der Waals surface area contributed by atoms with Gasteiger partial charge in [0.05, 0.1) is 12.4 Å². The van der Waals surface area contributed by atoms with Gasteiger partial charge in [-0.05, 0) is 38.5 Å². The van der Waals surface area contributed by atoms with Gasteiger partial charge in [0.25, 0.3) is 5.89 Å². The minimum Gasteiger partial charge on any atom is -0.455 e. The second-order valence-electron chi connectivity index (χ2n) is 6.01. The van der Waals surface area contributed by atoms with Crippen LogP contribution in [-0.2, 0) is 10.5 Å². The van der Waals surface area contributed by atoms with Crippen LogP contribution in [0.15, 0.2) is 32.3 Å². The third kappa shape index (κ3) is 3.74. The van der Waals surface area contributed by atoms with Crippen molar-refractivity contribution in [2.45, 2.75) is 37.1 Å². The summed E-state index contributed by atoms with van der Waals surface area (Å²) in [4.78, 5) is 13.3. The predicted octanol–water partition coefficient (Wildman–Crippen LogP) is 3.53. The predicted molar refractivity (Wildman–Crippen MR) is 91.2 cm³/mol. The van der Waals surface area contributed by atoms with Crippen LogP contribution in [0.25, 0.3) is 11.7 Å². The summed E-state index contributed by atoms with van der Waals surface area (Å²) in [5, 5.41) is 4.79. The van der Waals surface area contributed by atoms with E-state index < -0.39 is 0 Å². The molecule has 0 spiro atoms. The van der Waals surface area contributed by atoms with E-state index in [4.69, 9.17) is 13.7 Å². The molecule has 0 radical (unpaired) electrons. The van der Waals surface area contributed by atoms with Crippen LogP contribution in [0.4, 0.5) is 0 Å². The van der Waals surface area contributed by atoms with Crippen LogP contribution >= 0.6 is 11.8 Å². The van der Waals surface area contributed by atoms with Crippen molar-refractivity contribution in [1.29, 1.82) is 0 Å². The third-order valence-corrected chi connectivity index (χ3v) is 4.78. The van der Waals surface area contributed by atoms with Crippen LogP contribution < -0.4 is 0 Å². The van der Waals surface area contributed by atoms with Crippen molar-refractivity contribution >= 4 is 11.8 Å². The van der Waals surface area contributed by atoms with Crippen LogP contribution in [0.2, 0.25) is 0 Å². The van der Waals surface area contributed by atoms with E-state index in [2.05, 4.69) is 20.1 Å². The highest BCUT2D eigenvalue weighted by molar-refractivity contribution is 7.98. The molecule has 0 aliphatic carbocycles. The first-order chi connectivity index (χ1) is 12.2. The Balaban J connectivity index is 1.43. The van der Waals surface area contributed by atoms with Crippen molar-refractivity contribution < 1.29 is 13.7 Å². The number of aromatic nitrogens is 4. The molecule has 0 saturated carbocycles. The zero-order chi connectivity index (χ0) is 17.2. The van der Waals surface area contributed by atoms with Gasteiger partial charge >= 0.3 is 0 Å². The quantitative estimate of drug-likeness (QED) is 0.506. The lowest BCUT2D eigenvalue weighted by Crippen LogP contribution is -1.99. The number of nitrogens with zero attached hydrogens (tertiary/aromatic N) is 4. The molecule has 130 valence electrons. The molecule has 8 heteroatoms. The summed E-state index contributed by atoms with van der Waals surface area (Å²) in [6.45, 7) is 5.32. The molecular formula is C17H18N4O3S. The molecule has 1 atom stereocenters. The summed E-state index contributed by atoms with van der Waals surface area (Å²) in [6.07, 6.45) is 0.926. The molecule has 0 N–H and O–H groups in total. The maximum atomic E-state index is 5.82. The van der Waals surface area contributed by atoms with Gasteiger partial charge in [-0.1, -0.05) is 16.9 Å². The van der Waals surface area contributed by atoms with Crippen molar-refractivity contribution in [1.82, 2.24) is 20.1 Å². The fraction of sp³-hybridized carbons (Fsp3) is 0.412. The summed E-state index contributed by atoms with van der Waals surface area (Å²) in [6, 6.07) is 5.71. The monoisotopic (exact) mass is 358 g/mol. The molecule has 1 saturated heterocycles. The first-order valence-corrected chi connectivity index (χ1v) is 9.11. The maximum absolute atomic E-state index is 5.82. The van der Waals surface area contributed by atoms with Crippen molar-refractivity contribution in [2.24, 2.45) is 0 Å². The Bertz CT molecular complexity index is 850. The van der Waals surface area contributed by atoms with Gasteiger partial charge in [-0.15, -0.1) is 0 Å². The molecule has 1 aliphatic heterocycles. The summed E-state index contributed by atoms with van der Waals surface area (Å²) in [5.41, 5.74) is 1.92. The fourth-order valence-corrected chi connectivity index (χ4v) is 3.55. The number of aryl methyl sites for hydroxylation is 2. The lowest BCUT2D eigenvalue weighted by Gasteiger charge is -2.01. The molecular weight excluding hydrogens is 340 g/mol. The number of furan rings is 1. The Morgan fingerprint density at radius 3 is 2.76 bits per heavy atom. The van der Waals surface area contributed by atoms with Gasteiger partial charge in [0.1, 0.15) is 5.76 Å². The largest absolute Gasteiger partial charge is 0.455 e. The van der Waals surface area contributed by atoms with Gasteiger partial charge in [-0.25, -0.2) is 9.97 Å². The molecule has 1 aliphatic rings. The molecule has 4 rings (SSSR count). The van der Waals surface area contributed by atoms with Crippen molar-refractivity contribution in [3.63, 3.8) is 0 Å². The van der Waals surface area contributed by atoms with Crippen molar-refractivity contribution in [3.8, 4) is 11.7 Å². The zero-order valence-electron chi connectivity index (χ0n) is 14.1. The van der Waals surface area contributed by atoms with E-state index in [1.807, 2.05) is 32.0 Å². The standard InChI is InChI=1S/C17H18N4O3S/c1-10-7-11(2)19-17(18-10)25-9-13-3-4-14(23-13)16-20-15(21-24-16)12-5-6-22-8-12/h3-4,7,12H,5-6,8-9H2,1-2H3/t12-/m0/s1. The molecule has 0 bridgehead atoms. The lowest BCUT2D eigenvalue weighted by atomic mass is 10.1. The third-order valence-electron chi connectivity index (χ3n) is 3.91. The zero-order valence-corrected chi connectivity index (χ0v) is 14.9. The van der Waals surface area contributed by atoms with E-state index >= 15 is 0 Å². The number of rotatable bonds is 5. The highest BCUT2D eigenvalue weighted by Gasteiger charge is 2.24. The summed E-state index contributed by atoms with van der Waals surface area (Å²) >= 11 is 1.54. The van der Waals surface area contributed by atoms with Crippen LogP contribution in [0, 0.1) is 13.8 Å². The van der Waals surface area contributed by atoms with E-state index in [9.17, 15) is 0 Å². The Labute approximate surface area is 149 Å². The fourth-order valence-electron chi connectivity index (χ4n) is 2.70. The smallest absolute Gasteiger partial charge is 0.293 e. The van der Waals surface area contributed by atoms with Gasteiger partial charge in [0.2, 0.25) is 0 Å². The SMILES string of the molecule is Cc1cc(C)nc(SCc2ccc(-c3nc([C@H]4CCOC4)no3)o2)n1. The Hall–Kier alpha value is -2.19. The van der Waals surface area contributed by atoms with Crippen molar-refractivity contribution in [2.75, 3.05) is 13.2 Å². The average Bonchev–Trinajstić information content (AvgIpc) is 3.31. The molecule has 3 aromatic heterocycles. The summed E-state index contributed by atoms with van der Waals surface area (Å²) < 4.78 is 16.5. The van der Waals surface area contributed by atoms with Gasteiger partial charge in [0, 0.05) is 23.9 Å². The molecule has 1 fully saturated rings. The topological polar surface area (TPSA) is 87.1 Å².